The van der Waals surface area contributed by atoms with Gasteiger partial charge in [-0.15, -0.1) is 0 Å². The second-order valence-corrected chi connectivity index (χ2v) is 4.63. The Hall–Kier alpha value is -0.230. The first-order chi connectivity index (χ1) is 8.70. The van der Waals surface area contributed by atoms with Gasteiger partial charge >= 0.3 is 0 Å². The number of hydrogen-bond donors (Lipinski definition) is 1. The van der Waals surface area contributed by atoms with E-state index in [0.29, 0.717) is 13.2 Å². The van der Waals surface area contributed by atoms with Gasteiger partial charge in [-0.1, -0.05) is 26.7 Å². The molecule has 0 amide bonds. The highest BCUT2D eigenvalue weighted by atomic mass is 19.1. The van der Waals surface area contributed by atoms with Crippen LogP contribution in [0.25, 0.3) is 0 Å². The molecule has 2 unspecified atom stereocenters. The van der Waals surface area contributed by atoms with Gasteiger partial charge in [0.25, 0.3) is 0 Å². The molecule has 4 atom stereocenters. The summed E-state index contributed by atoms with van der Waals surface area (Å²) in [6, 6.07) is 0. The normalized spacial score (nSPS) is 32.0. The van der Waals surface area contributed by atoms with Crippen LogP contribution in [-0.4, -0.2) is 49.6 Å². The smallest absolute Gasteiger partial charge is 0.189 e. The molecule has 1 aliphatic heterocycles. The van der Waals surface area contributed by atoms with Gasteiger partial charge in [-0.05, 0) is 12.8 Å². The van der Waals surface area contributed by atoms with Gasteiger partial charge in [0.15, 0.2) is 12.5 Å². The Bertz CT molecular complexity index is 215. The number of halogens is 1. The maximum atomic E-state index is 13.7. The SMILES string of the molecule is CCCCOC[C@H]1OC(O)C(F)[C@@H]1OCCCC. The van der Waals surface area contributed by atoms with Crippen molar-refractivity contribution in [3.8, 4) is 0 Å². The second kappa shape index (κ2) is 8.80. The summed E-state index contributed by atoms with van der Waals surface area (Å²) in [5.74, 6) is 0. The van der Waals surface area contributed by atoms with Gasteiger partial charge in [0, 0.05) is 13.2 Å². The van der Waals surface area contributed by atoms with Crippen LogP contribution in [-0.2, 0) is 14.2 Å². The van der Waals surface area contributed by atoms with Crippen molar-refractivity contribution in [2.24, 2.45) is 0 Å². The lowest BCUT2D eigenvalue weighted by atomic mass is 10.1. The molecule has 1 saturated heterocycles. The highest BCUT2D eigenvalue weighted by Gasteiger charge is 2.45. The number of ether oxygens (including phenoxy) is 3. The molecule has 108 valence electrons. The zero-order valence-corrected chi connectivity index (χ0v) is 11.3. The van der Waals surface area contributed by atoms with Crippen molar-refractivity contribution in [3.63, 3.8) is 0 Å². The first-order valence-electron chi connectivity index (χ1n) is 6.87. The van der Waals surface area contributed by atoms with E-state index >= 15 is 0 Å². The number of alkyl halides is 1. The Morgan fingerprint density at radius 2 is 1.83 bits per heavy atom. The summed E-state index contributed by atoms with van der Waals surface area (Å²) in [6.45, 7) is 5.51. The predicted octanol–water partition coefficient (Wildman–Crippen LogP) is 2.04. The molecule has 1 rings (SSSR count). The molecule has 0 radical (unpaired) electrons. The molecular formula is C13H25FO4. The quantitative estimate of drug-likeness (QED) is 0.647. The highest BCUT2D eigenvalue weighted by molar-refractivity contribution is 4.87. The summed E-state index contributed by atoms with van der Waals surface area (Å²) in [4.78, 5) is 0. The topological polar surface area (TPSA) is 47.9 Å². The maximum Gasteiger partial charge on any atom is 0.189 e. The van der Waals surface area contributed by atoms with Crippen LogP contribution in [0.4, 0.5) is 4.39 Å². The van der Waals surface area contributed by atoms with Crippen LogP contribution in [0.5, 0.6) is 0 Å². The van der Waals surface area contributed by atoms with E-state index in [9.17, 15) is 9.50 Å². The zero-order chi connectivity index (χ0) is 13.4. The number of hydrogen-bond acceptors (Lipinski definition) is 4. The fourth-order valence-electron chi connectivity index (χ4n) is 1.84. The van der Waals surface area contributed by atoms with Gasteiger partial charge in [0.1, 0.15) is 12.2 Å². The standard InChI is InChI=1S/C13H25FO4/c1-3-5-7-16-9-10-12(17-8-6-4-2)11(14)13(15)18-10/h10-13,15H,3-9H2,1-2H3/t10-,11?,12-,13?/m1/s1. The molecule has 0 spiro atoms. The minimum atomic E-state index is -1.48. The molecule has 4 nitrogen and oxygen atoms in total. The molecule has 0 saturated carbocycles. The molecule has 0 aromatic heterocycles. The third-order valence-corrected chi connectivity index (χ3v) is 3.00. The molecule has 1 fully saturated rings. The van der Waals surface area contributed by atoms with Crippen LogP contribution in [0.1, 0.15) is 39.5 Å². The van der Waals surface area contributed by atoms with Gasteiger partial charge in [-0.3, -0.25) is 0 Å². The molecule has 5 heteroatoms. The summed E-state index contributed by atoms with van der Waals surface area (Å²) < 4.78 is 29.7. The molecule has 1 aliphatic rings. The summed E-state index contributed by atoms with van der Waals surface area (Å²) in [5.41, 5.74) is 0. The lowest BCUT2D eigenvalue weighted by molar-refractivity contribution is -0.127. The van der Waals surface area contributed by atoms with E-state index in [1.54, 1.807) is 0 Å². The van der Waals surface area contributed by atoms with Gasteiger partial charge < -0.3 is 19.3 Å². The summed E-state index contributed by atoms with van der Waals surface area (Å²) in [6.07, 6.45) is -0.214. The van der Waals surface area contributed by atoms with Crippen molar-refractivity contribution in [3.05, 3.63) is 0 Å². The van der Waals surface area contributed by atoms with Gasteiger partial charge in [0.05, 0.1) is 6.61 Å². The van der Waals surface area contributed by atoms with E-state index in [4.69, 9.17) is 14.2 Å². The molecule has 18 heavy (non-hydrogen) atoms. The van der Waals surface area contributed by atoms with Crippen molar-refractivity contribution >= 4 is 0 Å². The van der Waals surface area contributed by atoms with E-state index in [0.717, 1.165) is 25.7 Å². The minimum Gasteiger partial charge on any atom is -0.379 e. The van der Waals surface area contributed by atoms with Gasteiger partial charge in [-0.25, -0.2) is 4.39 Å². The van der Waals surface area contributed by atoms with Crippen LogP contribution in [0.2, 0.25) is 0 Å². The van der Waals surface area contributed by atoms with Crippen LogP contribution in [0.15, 0.2) is 0 Å². The van der Waals surface area contributed by atoms with Crippen molar-refractivity contribution in [2.45, 2.75) is 64.2 Å². The van der Waals surface area contributed by atoms with Crippen LogP contribution < -0.4 is 0 Å². The largest absolute Gasteiger partial charge is 0.379 e. The van der Waals surface area contributed by atoms with Crippen molar-refractivity contribution in [1.29, 1.82) is 0 Å². The van der Waals surface area contributed by atoms with E-state index in [2.05, 4.69) is 6.92 Å². The minimum absolute atomic E-state index is 0.272. The lowest BCUT2D eigenvalue weighted by Gasteiger charge is -2.19. The van der Waals surface area contributed by atoms with Gasteiger partial charge in [0.2, 0.25) is 0 Å². The van der Waals surface area contributed by atoms with E-state index in [-0.39, 0.29) is 6.61 Å². The average molecular weight is 264 g/mol. The number of rotatable bonds is 9. The molecule has 1 N–H and O–H groups in total. The Morgan fingerprint density at radius 1 is 1.17 bits per heavy atom. The third kappa shape index (κ3) is 4.80. The fourth-order valence-corrected chi connectivity index (χ4v) is 1.84. The number of unbranched alkanes of at least 4 members (excludes halogenated alkanes) is 2. The molecule has 0 aromatic carbocycles. The van der Waals surface area contributed by atoms with Crippen molar-refractivity contribution < 1.29 is 23.7 Å². The maximum absolute atomic E-state index is 13.7. The van der Waals surface area contributed by atoms with E-state index in [1.165, 1.54) is 0 Å². The third-order valence-electron chi connectivity index (χ3n) is 3.00. The first kappa shape index (κ1) is 15.8. The zero-order valence-electron chi connectivity index (χ0n) is 11.3. The van der Waals surface area contributed by atoms with E-state index in [1.807, 2.05) is 6.92 Å². The molecule has 0 aliphatic carbocycles. The van der Waals surface area contributed by atoms with Crippen LogP contribution >= 0.6 is 0 Å². The van der Waals surface area contributed by atoms with E-state index < -0.39 is 24.7 Å². The Balaban J connectivity index is 2.32. The summed E-state index contributed by atoms with van der Waals surface area (Å²) >= 11 is 0. The Labute approximate surface area is 108 Å². The summed E-state index contributed by atoms with van der Waals surface area (Å²) in [5, 5.41) is 9.36. The molecule has 1 heterocycles. The second-order valence-electron chi connectivity index (χ2n) is 4.63. The van der Waals surface area contributed by atoms with Gasteiger partial charge in [-0.2, -0.15) is 0 Å². The van der Waals surface area contributed by atoms with Crippen LogP contribution in [0.3, 0.4) is 0 Å². The average Bonchev–Trinajstić information content (AvgIpc) is 2.63. The van der Waals surface area contributed by atoms with Crippen molar-refractivity contribution in [1.82, 2.24) is 0 Å². The molecule has 0 bridgehead atoms. The Kier molecular flexibility index (Phi) is 7.74. The monoisotopic (exact) mass is 264 g/mol. The lowest BCUT2D eigenvalue weighted by Crippen LogP contribution is -2.35. The predicted molar refractivity (Wildman–Crippen MR) is 66.2 cm³/mol. The number of aliphatic hydroxyl groups excluding tert-OH is 1. The molecule has 0 aromatic rings. The molecular weight excluding hydrogens is 239 g/mol. The highest BCUT2D eigenvalue weighted by Crippen LogP contribution is 2.25. The first-order valence-corrected chi connectivity index (χ1v) is 6.87. The van der Waals surface area contributed by atoms with Crippen LogP contribution in [0, 0.1) is 0 Å². The van der Waals surface area contributed by atoms with Crippen molar-refractivity contribution in [2.75, 3.05) is 19.8 Å². The fraction of sp³-hybridized carbons (Fsp3) is 1.00. The summed E-state index contributed by atoms with van der Waals surface area (Å²) in [7, 11) is 0. The Morgan fingerprint density at radius 3 is 2.50 bits per heavy atom. The number of aliphatic hydroxyl groups is 1.